The first-order valence-electron chi connectivity index (χ1n) is 15.1. The molecular formula is C33H37FN4O6. The molecule has 0 spiro atoms. The average Bonchev–Trinajstić information content (AvgIpc) is 3.76. The van der Waals surface area contributed by atoms with Crippen molar-refractivity contribution in [2.75, 3.05) is 19.7 Å². The molecular weight excluding hydrogens is 567 g/mol. The highest BCUT2D eigenvalue weighted by Crippen LogP contribution is 2.38. The number of imidazole rings is 1. The second-order valence-electron chi connectivity index (χ2n) is 12.4. The van der Waals surface area contributed by atoms with Crippen LogP contribution in [0.4, 0.5) is 9.18 Å². The maximum Gasteiger partial charge on any atom is 0.410 e. The monoisotopic (exact) mass is 604 g/mol. The van der Waals surface area contributed by atoms with Crippen LogP contribution in [0.1, 0.15) is 73.9 Å². The summed E-state index contributed by atoms with van der Waals surface area (Å²) in [6.07, 6.45) is 3.53. The summed E-state index contributed by atoms with van der Waals surface area (Å²) in [5.41, 5.74) is 2.56. The number of likely N-dealkylation sites (tertiary alicyclic amines) is 1. The minimum atomic E-state index is -1.05. The van der Waals surface area contributed by atoms with E-state index in [0.717, 1.165) is 25.1 Å². The van der Waals surface area contributed by atoms with Crippen LogP contribution >= 0.6 is 0 Å². The van der Waals surface area contributed by atoms with Gasteiger partial charge in [0.25, 0.3) is 5.91 Å². The molecule has 0 N–H and O–H groups in total. The first kappa shape index (κ1) is 29.7. The van der Waals surface area contributed by atoms with Gasteiger partial charge in [-0.3, -0.25) is 4.79 Å². The molecule has 10 nitrogen and oxygen atoms in total. The van der Waals surface area contributed by atoms with E-state index in [1.807, 2.05) is 37.5 Å². The number of amides is 2. The van der Waals surface area contributed by atoms with Gasteiger partial charge in [0, 0.05) is 36.3 Å². The van der Waals surface area contributed by atoms with Crippen molar-refractivity contribution >= 4 is 18.0 Å². The Morgan fingerprint density at radius 3 is 2.61 bits per heavy atom. The Kier molecular flexibility index (Phi) is 7.81. The van der Waals surface area contributed by atoms with E-state index >= 15 is 4.39 Å². The number of ether oxygens (including phenoxy) is 3. The third-order valence-corrected chi connectivity index (χ3v) is 8.17. The number of hydrogen-bond donors (Lipinski definition) is 0. The number of aromatic nitrogens is 2. The van der Waals surface area contributed by atoms with Crippen molar-refractivity contribution in [1.29, 1.82) is 0 Å². The summed E-state index contributed by atoms with van der Waals surface area (Å²) >= 11 is 0. The van der Waals surface area contributed by atoms with Gasteiger partial charge in [0.2, 0.25) is 0 Å². The van der Waals surface area contributed by atoms with Gasteiger partial charge in [0.1, 0.15) is 23.3 Å². The van der Waals surface area contributed by atoms with Crippen LogP contribution in [0, 0.1) is 5.82 Å². The molecule has 2 atom stereocenters. The highest BCUT2D eigenvalue weighted by atomic mass is 19.1. The first-order chi connectivity index (χ1) is 21.0. The molecule has 3 aromatic rings. The van der Waals surface area contributed by atoms with Crippen molar-refractivity contribution in [3.63, 3.8) is 0 Å². The van der Waals surface area contributed by atoms with Gasteiger partial charge in [-0.15, -0.1) is 0 Å². The van der Waals surface area contributed by atoms with Gasteiger partial charge in [-0.1, -0.05) is 12.1 Å². The molecule has 232 valence electrons. The second-order valence-corrected chi connectivity index (χ2v) is 12.4. The zero-order chi connectivity index (χ0) is 31.2. The lowest BCUT2D eigenvalue weighted by Crippen LogP contribution is -2.36. The van der Waals surface area contributed by atoms with Gasteiger partial charge in [-0.05, 0) is 75.9 Å². The summed E-state index contributed by atoms with van der Waals surface area (Å²) in [5.74, 6) is -0.901. The third-order valence-electron chi connectivity index (χ3n) is 8.17. The number of halogens is 1. The molecule has 3 aliphatic heterocycles. The maximum atomic E-state index is 15.5. The largest absolute Gasteiger partial charge is 0.489 e. The van der Waals surface area contributed by atoms with E-state index in [-0.39, 0.29) is 36.5 Å². The fourth-order valence-electron chi connectivity index (χ4n) is 6.14. The highest BCUT2D eigenvalue weighted by Gasteiger charge is 2.42. The molecule has 6 rings (SSSR count). The minimum absolute atomic E-state index is 0.0511. The predicted octanol–water partition coefficient (Wildman–Crippen LogP) is 5.28. The summed E-state index contributed by atoms with van der Waals surface area (Å²) in [5, 5.41) is 0. The van der Waals surface area contributed by atoms with Crippen LogP contribution in [0.3, 0.4) is 0 Å². The number of nitrogens with zero attached hydrogens (tertiary/aromatic N) is 4. The molecule has 4 heterocycles. The Balaban J connectivity index is 1.18. The fourth-order valence-corrected chi connectivity index (χ4v) is 6.14. The summed E-state index contributed by atoms with van der Waals surface area (Å²) in [7, 11) is 0. The Morgan fingerprint density at radius 2 is 1.89 bits per heavy atom. The SMILES string of the molecule is CCOC(=O)C(c1ncn2c1CCC2)N1Cc2c(F)cc(-c3ccc(O[C@H]4CCN(C(=O)OC(C)(C)C)C4)cc3)cc2C1=O. The molecule has 1 aromatic heterocycles. The van der Waals surface area contributed by atoms with Crippen molar-refractivity contribution < 1.29 is 33.0 Å². The molecule has 0 saturated carbocycles. The number of rotatable bonds is 7. The second kappa shape index (κ2) is 11.6. The zero-order valence-corrected chi connectivity index (χ0v) is 25.5. The lowest BCUT2D eigenvalue weighted by atomic mass is 9.99. The molecule has 1 fully saturated rings. The standard InChI is InChI=1S/C33H37FN4O6/c1-5-42-31(40)29(28-27-7-6-13-37(27)19-35-28)38-18-25-24(30(38)39)15-21(16-26(25)34)20-8-10-22(11-9-20)43-23-12-14-36(17-23)32(41)44-33(2,3)4/h8-11,15-16,19,23,29H,5-7,12-14,17-18H2,1-4H3/t23-,29?/m0/s1. The smallest absolute Gasteiger partial charge is 0.410 e. The summed E-state index contributed by atoms with van der Waals surface area (Å²) < 4.78 is 34.4. The molecule has 0 radical (unpaired) electrons. The van der Waals surface area contributed by atoms with Crippen molar-refractivity contribution in [3.8, 4) is 16.9 Å². The van der Waals surface area contributed by atoms with Crippen molar-refractivity contribution in [2.24, 2.45) is 0 Å². The molecule has 0 aliphatic carbocycles. The molecule has 2 aromatic carbocycles. The van der Waals surface area contributed by atoms with Crippen LogP contribution in [0.15, 0.2) is 42.7 Å². The van der Waals surface area contributed by atoms with Crippen molar-refractivity contribution in [2.45, 2.75) is 77.8 Å². The zero-order valence-electron chi connectivity index (χ0n) is 25.5. The van der Waals surface area contributed by atoms with Gasteiger partial charge in [0.05, 0.1) is 31.7 Å². The number of carbonyl (C=O) groups is 3. The molecule has 2 amide bonds. The predicted molar refractivity (Wildman–Crippen MR) is 158 cm³/mol. The molecule has 1 unspecified atom stereocenters. The first-order valence-corrected chi connectivity index (χ1v) is 15.1. The van der Waals surface area contributed by atoms with Crippen LogP contribution in [0.5, 0.6) is 5.75 Å². The van der Waals surface area contributed by atoms with E-state index in [1.54, 1.807) is 36.4 Å². The van der Waals surface area contributed by atoms with E-state index in [4.69, 9.17) is 14.2 Å². The lowest BCUT2D eigenvalue weighted by Gasteiger charge is -2.25. The van der Waals surface area contributed by atoms with Crippen LogP contribution in [-0.2, 0) is 33.8 Å². The quantitative estimate of drug-likeness (QED) is 0.338. The summed E-state index contributed by atoms with van der Waals surface area (Å²) in [6.45, 7) is 9.11. The molecule has 1 saturated heterocycles. The van der Waals surface area contributed by atoms with E-state index in [1.165, 1.54) is 11.0 Å². The summed E-state index contributed by atoms with van der Waals surface area (Å²) in [6, 6.07) is 9.24. The number of hydrogen-bond acceptors (Lipinski definition) is 7. The molecule has 0 bridgehead atoms. The van der Waals surface area contributed by atoms with Crippen LogP contribution in [-0.4, -0.2) is 68.7 Å². The van der Waals surface area contributed by atoms with Gasteiger partial charge < -0.3 is 28.6 Å². The van der Waals surface area contributed by atoms with Gasteiger partial charge in [0.15, 0.2) is 6.04 Å². The number of carbonyl (C=O) groups excluding carboxylic acids is 3. The summed E-state index contributed by atoms with van der Waals surface area (Å²) in [4.78, 5) is 46.8. The van der Waals surface area contributed by atoms with Gasteiger partial charge in [-0.2, -0.15) is 0 Å². The Hall–Kier alpha value is -4.41. The van der Waals surface area contributed by atoms with Crippen LogP contribution in [0.2, 0.25) is 0 Å². The van der Waals surface area contributed by atoms with Gasteiger partial charge >= 0.3 is 12.1 Å². The van der Waals surface area contributed by atoms with Crippen molar-refractivity contribution in [1.82, 2.24) is 19.4 Å². The fraction of sp³-hybridized carbons (Fsp3) is 0.455. The normalized spacial score (nSPS) is 18.3. The van der Waals surface area contributed by atoms with E-state index in [2.05, 4.69) is 4.98 Å². The van der Waals surface area contributed by atoms with E-state index in [9.17, 15) is 14.4 Å². The Morgan fingerprint density at radius 1 is 1.11 bits per heavy atom. The maximum absolute atomic E-state index is 15.5. The highest BCUT2D eigenvalue weighted by molar-refractivity contribution is 6.02. The van der Waals surface area contributed by atoms with E-state index < -0.39 is 29.3 Å². The number of fused-ring (bicyclic) bond motifs is 2. The molecule has 11 heteroatoms. The van der Waals surface area contributed by atoms with Crippen LogP contribution in [0.25, 0.3) is 11.1 Å². The lowest BCUT2D eigenvalue weighted by molar-refractivity contribution is -0.149. The number of esters is 1. The molecule has 44 heavy (non-hydrogen) atoms. The number of benzene rings is 2. The van der Waals surface area contributed by atoms with Crippen LogP contribution < -0.4 is 4.74 Å². The topological polar surface area (TPSA) is 103 Å². The van der Waals surface area contributed by atoms with E-state index in [0.29, 0.717) is 42.1 Å². The Bertz CT molecular complexity index is 1590. The number of aryl methyl sites for hydroxylation is 1. The minimum Gasteiger partial charge on any atom is -0.489 e. The third kappa shape index (κ3) is 5.75. The Labute approximate surface area is 255 Å². The average molecular weight is 605 g/mol. The molecule has 3 aliphatic rings. The van der Waals surface area contributed by atoms with Crippen molar-refractivity contribution in [3.05, 3.63) is 71.1 Å². The van der Waals surface area contributed by atoms with Gasteiger partial charge in [-0.25, -0.2) is 19.0 Å².